The van der Waals surface area contributed by atoms with Gasteiger partial charge in [0, 0.05) is 0 Å². The molecule has 0 aliphatic heterocycles. The lowest BCUT2D eigenvalue weighted by atomic mass is 9.88. The van der Waals surface area contributed by atoms with Crippen LogP contribution in [0.4, 0.5) is 0 Å². The van der Waals surface area contributed by atoms with Crippen LogP contribution in [0, 0.1) is 0 Å². The standard InChI is InChI=1S/C16H20.C2H6/c1-11(2)15-9-13-7-5-6-8-14(13)10-16(15)12(3)4;1-2/h5-12H,1-4H3;1-2H3. The normalized spacial score (nSPS) is 10.7. The van der Waals surface area contributed by atoms with Gasteiger partial charge in [-0.1, -0.05) is 77.9 Å². The number of benzene rings is 2. The molecule has 0 N–H and O–H groups in total. The van der Waals surface area contributed by atoms with Crippen LogP contribution in [0.2, 0.25) is 0 Å². The van der Waals surface area contributed by atoms with E-state index in [-0.39, 0.29) is 0 Å². The molecule has 0 unspecified atom stereocenters. The number of fused-ring (bicyclic) bond motifs is 1. The Bertz CT molecular complexity index is 446. The van der Waals surface area contributed by atoms with Gasteiger partial charge in [-0.25, -0.2) is 0 Å². The summed E-state index contributed by atoms with van der Waals surface area (Å²) < 4.78 is 0. The van der Waals surface area contributed by atoms with Gasteiger partial charge in [-0.05, 0) is 33.7 Å². The second kappa shape index (κ2) is 6.58. The van der Waals surface area contributed by atoms with Gasteiger partial charge in [0.05, 0.1) is 0 Å². The maximum absolute atomic E-state index is 2.36. The van der Waals surface area contributed by atoms with Gasteiger partial charge >= 0.3 is 0 Å². The highest BCUT2D eigenvalue weighted by Crippen LogP contribution is 2.30. The van der Waals surface area contributed by atoms with Crippen molar-refractivity contribution in [1.82, 2.24) is 0 Å². The van der Waals surface area contributed by atoms with E-state index < -0.39 is 0 Å². The van der Waals surface area contributed by atoms with Crippen molar-refractivity contribution in [3.05, 3.63) is 47.5 Å². The van der Waals surface area contributed by atoms with Crippen LogP contribution in [0.15, 0.2) is 36.4 Å². The first-order valence-corrected chi connectivity index (χ1v) is 7.12. The van der Waals surface area contributed by atoms with Crippen LogP contribution in [0.25, 0.3) is 10.8 Å². The minimum Gasteiger partial charge on any atom is -0.0683 e. The lowest BCUT2D eigenvalue weighted by Crippen LogP contribution is -1.98. The van der Waals surface area contributed by atoms with Crippen LogP contribution >= 0.6 is 0 Å². The third-order valence-corrected chi connectivity index (χ3v) is 3.20. The summed E-state index contributed by atoms with van der Waals surface area (Å²) in [6.07, 6.45) is 0. The van der Waals surface area contributed by atoms with Crippen LogP contribution in [0.1, 0.15) is 64.5 Å². The summed E-state index contributed by atoms with van der Waals surface area (Å²) in [6.45, 7) is 13.1. The van der Waals surface area contributed by atoms with Gasteiger partial charge in [0.15, 0.2) is 0 Å². The first-order valence-electron chi connectivity index (χ1n) is 7.12. The molecular weight excluding hydrogens is 216 g/mol. The van der Waals surface area contributed by atoms with Crippen LogP contribution in [0.3, 0.4) is 0 Å². The monoisotopic (exact) mass is 242 g/mol. The van der Waals surface area contributed by atoms with Crippen molar-refractivity contribution in [3.63, 3.8) is 0 Å². The Labute approximate surface area is 112 Å². The van der Waals surface area contributed by atoms with Gasteiger partial charge in [-0.15, -0.1) is 0 Å². The van der Waals surface area contributed by atoms with Crippen molar-refractivity contribution < 1.29 is 0 Å². The van der Waals surface area contributed by atoms with Gasteiger partial charge in [0.1, 0.15) is 0 Å². The van der Waals surface area contributed by atoms with E-state index in [0.717, 1.165) is 0 Å². The molecule has 98 valence electrons. The summed E-state index contributed by atoms with van der Waals surface area (Å²) >= 11 is 0. The van der Waals surface area contributed by atoms with Crippen LogP contribution in [0.5, 0.6) is 0 Å². The zero-order valence-electron chi connectivity index (χ0n) is 12.6. The number of hydrogen-bond donors (Lipinski definition) is 0. The van der Waals surface area contributed by atoms with E-state index in [4.69, 9.17) is 0 Å². The molecule has 2 rings (SSSR count). The Hall–Kier alpha value is -1.30. The Kier molecular flexibility index (Phi) is 5.40. The van der Waals surface area contributed by atoms with E-state index in [2.05, 4.69) is 64.1 Å². The lowest BCUT2D eigenvalue weighted by molar-refractivity contribution is 0.793. The second-order valence-corrected chi connectivity index (χ2v) is 5.14. The molecule has 0 saturated carbocycles. The van der Waals surface area contributed by atoms with Crippen molar-refractivity contribution in [2.24, 2.45) is 0 Å². The summed E-state index contributed by atoms with van der Waals surface area (Å²) in [4.78, 5) is 0. The van der Waals surface area contributed by atoms with E-state index in [9.17, 15) is 0 Å². The van der Waals surface area contributed by atoms with Crippen LogP contribution in [-0.4, -0.2) is 0 Å². The third-order valence-electron chi connectivity index (χ3n) is 3.20. The largest absolute Gasteiger partial charge is 0.0683 e. The molecule has 0 aliphatic rings. The summed E-state index contributed by atoms with van der Waals surface area (Å²) in [5.41, 5.74) is 2.99. The molecule has 0 atom stereocenters. The molecule has 2 aromatic carbocycles. The lowest BCUT2D eigenvalue weighted by Gasteiger charge is -2.17. The van der Waals surface area contributed by atoms with Gasteiger partial charge < -0.3 is 0 Å². The zero-order chi connectivity index (χ0) is 13.7. The summed E-state index contributed by atoms with van der Waals surface area (Å²) in [7, 11) is 0. The molecule has 0 heteroatoms. The fraction of sp³-hybridized carbons (Fsp3) is 0.444. The van der Waals surface area contributed by atoms with E-state index in [1.165, 1.54) is 21.9 Å². The first kappa shape index (κ1) is 14.8. The van der Waals surface area contributed by atoms with Crippen LogP contribution in [-0.2, 0) is 0 Å². The Morgan fingerprint density at radius 1 is 0.667 bits per heavy atom. The molecule has 0 saturated heterocycles. The average molecular weight is 242 g/mol. The van der Waals surface area contributed by atoms with Crippen molar-refractivity contribution in [2.45, 2.75) is 53.4 Å². The van der Waals surface area contributed by atoms with Crippen molar-refractivity contribution in [1.29, 1.82) is 0 Å². The van der Waals surface area contributed by atoms with E-state index >= 15 is 0 Å². The fourth-order valence-electron chi connectivity index (χ4n) is 2.28. The Morgan fingerprint density at radius 2 is 1.00 bits per heavy atom. The highest BCUT2D eigenvalue weighted by Gasteiger charge is 2.10. The molecule has 0 nitrogen and oxygen atoms in total. The SMILES string of the molecule is CC.CC(C)c1cc2ccccc2cc1C(C)C. The summed E-state index contributed by atoms with van der Waals surface area (Å²) in [6, 6.07) is 13.3. The molecular formula is C18H26. The maximum atomic E-state index is 2.36. The van der Waals surface area contributed by atoms with Gasteiger partial charge in [-0.3, -0.25) is 0 Å². The second-order valence-electron chi connectivity index (χ2n) is 5.14. The van der Waals surface area contributed by atoms with Crippen molar-refractivity contribution >= 4 is 10.8 Å². The van der Waals surface area contributed by atoms with Crippen LogP contribution < -0.4 is 0 Å². The molecule has 0 radical (unpaired) electrons. The predicted molar refractivity (Wildman–Crippen MR) is 83.5 cm³/mol. The topological polar surface area (TPSA) is 0 Å². The molecule has 2 aromatic rings. The zero-order valence-corrected chi connectivity index (χ0v) is 12.6. The first-order chi connectivity index (χ1) is 8.59. The molecule has 0 aromatic heterocycles. The smallest absolute Gasteiger partial charge is 0.0181 e. The molecule has 18 heavy (non-hydrogen) atoms. The number of rotatable bonds is 2. The van der Waals surface area contributed by atoms with Crippen molar-refractivity contribution in [3.8, 4) is 0 Å². The van der Waals surface area contributed by atoms with Gasteiger partial charge in [-0.2, -0.15) is 0 Å². The number of hydrogen-bond acceptors (Lipinski definition) is 0. The maximum Gasteiger partial charge on any atom is -0.0181 e. The quantitative estimate of drug-likeness (QED) is 0.595. The molecule has 0 spiro atoms. The minimum absolute atomic E-state index is 0.599. The van der Waals surface area contributed by atoms with E-state index in [0.29, 0.717) is 11.8 Å². The summed E-state index contributed by atoms with van der Waals surface area (Å²) in [5.74, 6) is 1.20. The minimum atomic E-state index is 0.599. The molecule has 0 heterocycles. The molecule has 0 fully saturated rings. The third kappa shape index (κ3) is 3.13. The Morgan fingerprint density at radius 3 is 1.28 bits per heavy atom. The Balaban J connectivity index is 0.000000771. The molecule has 0 amide bonds. The van der Waals surface area contributed by atoms with Crippen molar-refractivity contribution in [2.75, 3.05) is 0 Å². The van der Waals surface area contributed by atoms with Gasteiger partial charge in [0.25, 0.3) is 0 Å². The summed E-state index contributed by atoms with van der Waals surface area (Å²) in [5, 5.41) is 2.71. The van der Waals surface area contributed by atoms with Gasteiger partial charge in [0.2, 0.25) is 0 Å². The van der Waals surface area contributed by atoms with E-state index in [1.54, 1.807) is 0 Å². The fourth-order valence-corrected chi connectivity index (χ4v) is 2.28. The predicted octanol–water partition coefficient (Wildman–Crippen LogP) is 6.11. The molecule has 0 aliphatic carbocycles. The highest BCUT2D eigenvalue weighted by atomic mass is 14.2. The highest BCUT2D eigenvalue weighted by molar-refractivity contribution is 5.84. The van der Waals surface area contributed by atoms with E-state index in [1.807, 2.05) is 13.8 Å². The average Bonchev–Trinajstić information content (AvgIpc) is 2.39. The molecule has 0 bridgehead atoms.